The Morgan fingerprint density at radius 1 is 0.958 bits per heavy atom. The van der Waals surface area contributed by atoms with Gasteiger partial charge in [0.15, 0.2) is 11.5 Å². The van der Waals surface area contributed by atoms with Crippen LogP contribution in [-0.2, 0) is 28.0 Å². The van der Waals surface area contributed by atoms with E-state index in [0.29, 0.717) is 30.4 Å². The summed E-state index contributed by atoms with van der Waals surface area (Å²) in [6, 6.07) is 10.1. The maximum absolute atomic E-state index is 12.9. The number of hydrogen-bond donors (Lipinski definition) is 0. The fourth-order valence-corrected chi connectivity index (χ4v) is 3.87. The minimum absolute atomic E-state index is 0.240. The van der Waals surface area contributed by atoms with Crippen molar-refractivity contribution in [1.29, 1.82) is 0 Å². The average Bonchev–Trinajstić information content (AvgIpc) is 3.08. The van der Waals surface area contributed by atoms with E-state index >= 15 is 0 Å². The lowest BCUT2D eigenvalue weighted by Crippen LogP contribution is -2.26. The zero-order valence-corrected chi connectivity index (χ0v) is 14.6. The standard InChI is InChI=1S/C17H19NO5S/c1-18(14-5-7-16(21-2)17(9-14)22-3)24(19,20)15-6-4-12-10-23-11-13(12)8-15/h4-9H,10-11H2,1-3H3. The first-order chi connectivity index (χ1) is 11.5. The van der Waals surface area contributed by atoms with Gasteiger partial charge in [0.25, 0.3) is 10.0 Å². The molecule has 0 saturated carbocycles. The molecule has 0 amide bonds. The molecular weight excluding hydrogens is 330 g/mol. The van der Waals surface area contributed by atoms with E-state index < -0.39 is 10.0 Å². The van der Waals surface area contributed by atoms with Crippen LogP contribution in [0.3, 0.4) is 0 Å². The second-order valence-electron chi connectivity index (χ2n) is 5.44. The Bertz CT molecular complexity index is 863. The van der Waals surface area contributed by atoms with Gasteiger partial charge in [0.2, 0.25) is 0 Å². The van der Waals surface area contributed by atoms with Crippen molar-refractivity contribution in [3.05, 3.63) is 47.5 Å². The van der Waals surface area contributed by atoms with E-state index in [1.165, 1.54) is 25.6 Å². The van der Waals surface area contributed by atoms with E-state index in [9.17, 15) is 8.42 Å². The molecule has 1 aliphatic rings. The average molecular weight is 349 g/mol. The van der Waals surface area contributed by atoms with Crippen molar-refractivity contribution in [3.8, 4) is 11.5 Å². The Balaban J connectivity index is 1.97. The third-order valence-electron chi connectivity index (χ3n) is 4.08. The zero-order chi connectivity index (χ0) is 17.3. The molecule has 0 fully saturated rings. The predicted octanol–water partition coefficient (Wildman–Crippen LogP) is 2.56. The number of hydrogen-bond acceptors (Lipinski definition) is 5. The normalized spacial score (nSPS) is 13.5. The van der Waals surface area contributed by atoms with E-state index in [2.05, 4.69) is 0 Å². The van der Waals surface area contributed by atoms with Crippen LogP contribution in [0.4, 0.5) is 5.69 Å². The molecular formula is C17H19NO5S. The van der Waals surface area contributed by atoms with Gasteiger partial charge in [-0.15, -0.1) is 0 Å². The highest BCUT2D eigenvalue weighted by atomic mass is 32.2. The molecule has 1 aliphatic heterocycles. The maximum atomic E-state index is 12.9. The molecule has 0 aromatic heterocycles. The highest BCUT2D eigenvalue weighted by Gasteiger charge is 2.24. The van der Waals surface area contributed by atoms with Crippen molar-refractivity contribution in [1.82, 2.24) is 0 Å². The van der Waals surface area contributed by atoms with Crippen LogP contribution in [-0.4, -0.2) is 29.7 Å². The number of ether oxygens (including phenoxy) is 3. The van der Waals surface area contributed by atoms with Gasteiger partial charge in [-0.2, -0.15) is 0 Å². The van der Waals surface area contributed by atoms with Gasteiger partial charge in [0.05, 0.1) is 38.0 Å². The highest BCUT2D eigenvalue weighted by molar-refractivity contribution is 7.92. The second-order valence-corrected chi connectivity index (χ2v) is 7.40. The highest BCUT2D eigenvalue weighted by Crippen LogP contribution is 2.33. The largest absolute Gasteiger partial charge is 0.493 e. The van der Waals surface area contributed by atoms with Crippen molar-refractivity contribution in [2.75, 3.05) is 25.6 Å². The van der Waals surface area contributed by atoms with Crippen LogP contribution in [0.15, 0.2) is 41.3 Å². The molecule has 0 spiro atoms. The molecule has 0 atom stereocenters. The molecule has 1 heterocycles. The van der Waals surface area contributed by atoms with E-state index in [-0.39, 0.29) is 4.90 Å². The molecule has 128 valence electrons. The molecule has 0 aliphatic carbocycles. The van der Waals surface area contributed by atoms with Crippen LogP contribution >= 0.6 is 0 Å². The van der Waals surface area contributed by atoms with Crippen LogP contribution in [0, 0.1) is 0 Å². The monoisotopic (exact) mass is 349 g/mol. The Hall–Kier alpha value is -2.25. The van der Waals surface area contributed by atoms with Gasteiger partial charge >= 0.3 is 0 Å². The maximum Gasteiger partial charge on any atom is 0.264 e. The lowest BCUT2D eigenvalue weighted by Gasteiger charge is -2.21. The Morgan fingerprint density at radius 2 is 1.67 bits per heavy atom. The van der Waals surface area contributed by atoms with Crippen molar-refractivity contribution in [3.63, 3.8) is 0 Å². The Kier molecular flexibility index (Phi) is 4.38. The van der Waals surface area contributed by atoms with Crippen LogP contribution < -0.4 is 13.8 Å². The van der Waals surface area contributed by atoms with Gasteiger partial charge in [-0.05, 0) is 35.4 Å². The number of anilines is 1. The van der Waals surface area contributed by atoms with Crippen LogP contribution in [0.2, 0.25) is 0 Å². The first kappa shape index (κ1) is 16.6. The fraction of sp³-hybridized carbons (Fsp3) is 0.294. The summed E-state index contributed by atoms with van der Waals surface area (Å²) in [5, 5.41) is 0. The first-order valence-corrected chi connectivity index (χ1v) is 8.82. The second kappa shape index (κ2) is 6.33. The number of benzene rings is 2. The number of fused-ring (bicyclic) bond motifs is 1. The lowest BCUT2D eigenvalue weighted by atomic mass is 10.1. The Labute approximate surface area is 141 Å². The van der Waals surface area contributed by atoms with Crippen LogP contribution in [0.25, 0.3) is 0 Å². The summed E-state index contributed by atoms with van der Waals surface area (Å²) in [6.45, 7) is 0.972. The number of rotatable bonds is 5. The number of nitrogens with zero attached hydrogens (tertiary/aromatic N) is 1. The zero-order valence-electron chi connectivity index (χ0n) is 13.8. The summed E-state index contributed by atoms with van der Waals surface area (Å²) >= 11 is 0. The molecule has 7 heteroatoms. The van der Waals surface area contributed by atoms with Gasteiger partial charge in [-0.1, -0.05) is 6.07 Å². The summed E-state index contributed by atoms with van der Waals surface area (Å²) < 4.78 is 42.8. The third kappa shape index (κ3) is 2.81. The summed E-state index contributed by atoms with van der Waals surface area (Å²) in [5.41, 5.74) is 2.43. The summed E-state index contributed by atoms with van der Waals surface area (Å²) in [6.07, 6.45) is 0. The van der Waals surface area contributed by atoms with Gasteiger partial charge in [0, 0.05) is 13.1 Å². The molecule has 6 nitrogen and oxygen atoms in total. The molecule has 2 aromatic rings. The van der Waals surface area contributed by atoms with Gasteiger partial charge in [-0.25, -0.2) is 8.42 Å². The first-order valence-electron chi connectivity index (χ1n) is 7.38. The van der Waals surface area contributed by atoms with Crippen molar-refractivity contribution in [2.24, 2.45) is 0 Å². The quantitative estimate of drug-likeness (QED) is 0.830. The minimum atomic E-state index is -3.68. The SMILES string of the molecule is COc1ccc(N(C)S(=O)(=O)c2ccc3c(c2)COC3)cc1OC. The van der Waals surface area contributed by atoms with Crippen molar-refractivity contribution < 1.29 is 22.6 Å². The molecule has 0 radical (unpaired) electrons. The van der Waals surface area contributed by atoms with Crippen LogP contribution in [0.1, 0.15) is 11.1 Å². The third-order valence-corrected chi connectivity index (χ3v) is 5.86. The number of sulfonamides is 1. The summed E-state index contributed by atoms with van der Waals surface area (Å²) in [5.74, 6) is 1.01. The van der Waals surface area contributed by atoms with E-state index in [0.717, 1.165) is 11.1 Å². The molecule has 3 rings (SSSR count). The topological polar surface area (TPSA) is 65.1 Å². The molecule has 0 saturated heterocycles. The smallest absolute Gasteiger partial charge is 0.264 e. The van der Waals surface area contributed by atoms with Crippen LogP contribution in [0.5, 0.6) is 11.5 Å². The van der Waals surface area contributed by atoms with Gasteiger partial charge < -0.3 is 14.2 Å². The lowest BCUT2D eigenvalue weighted by molar-refractivity contribution is 0.134. The van der Waals surface area contributed by atoms with E-state index in [1.807, 2.05) is 0 Å². The number of methoxy groups -OCH3 is 2. The summed E-state index contributed by atoms with van der Waals surface area (Å²) in [4.78, 5) is 0.240. The van der Waals surface area contributed by atoms with E-state index in [4.69, 9.17) is 14.2 Å². The molecule has 0 unspecified atom stereocenters. The van der Waals surface area contributed by atoms with E-state index in [1.54, 1.807) is 36.4 Å². The van der Waals surface area contributed by atoms with Crippen molar-refractivity contribution in [2.45, 2.75) is 18.1 Å². The Morgan fingerprint density at radius 3 is 2.38 bits per heavy atom. The van der Waals surface area contributed by atoms with Gasteiger partial charge in [0.1, 0.15) is 0 Å². The minimum Gasteiger partial charge on any atom is -0.493 e. The predicted molar refractivity (Wildman–Crippen MR) is 90.1 cm³/mol. The fourth-order valence-electron chi connectivity index (χ4n) is 2.63. The molecule has 0 N–H and O–H groups in total. The van der Waals surface area contributed by atoms with Gasteiger partial charge in [-0.3, -0.25) is 4.31 Å². The molecule has 24 heavy (non-hydrogen) atoms. The van der Waals surface area contributed by atoms with Crippen molar-refractivity contribution >= 4 is 15.7 Å². The molecule has 2 aromatic carbocycles. The summed E-state index contributed by atoms with van der Waals surface area (Å²) in [7, 11) is 0.880. The molecule has 0 bridgehead atoms.